The highest BCUT2D eigenvalue weighted by Gasteiger charge is 2.19. The number of aromatic nitrogens is 1. The molecule has 23 heavy (non-hydrogen) atoms. The summed E-state index contributed by atoms with van der Waals surface area (Å²) in [5, 5.41) is 3.92. The zero-order chi connectivity index (χ0) is 16.4. The van der Waals surface area contributed by atoms with Crippen LogP contribution in [0, 0.1) is 6.92 Å². The first-order valence-electron chi connectivity index (χ1n) is 7.54. The molecule has 118 valence electrons. The maximum atomic E-state index is 12.5. The highest BCUT2D eigenvalue weighted by molar-refractivity contribution is 7.21. The van der Waals surface area contributed by atoms with Gasteiger partial charge in [0, 0.05) is 17.6 Å². The number of nitrogens with zero attached hydrogens (tertiary/aromatic N) is 1. The van der Waals surface area contributed by atoms with Crippen molar-refractivity contribution >= 4 is 33.1 Å². The van der Waals surface area contributed by atoms with Crippen molar-refractivity contribution in [1.29, 1.82) is 0 Å². The van der Waals surface area contributed by atoms with E-state index < -0.39 is 0 Å². The van der Waals surface area contributed by atoms with Crippen molar-refractivity contribution in [2.45, 2.75) is 26.3 Å². The highest BCUT2D eigenvalue weighted by atomic mass is 32.1. The molecule has 0 saturated carbocycles. The Kier molecular flexibility index (Phi) is 4.30. The van der Waals surface area contributed by atoms with Crippen LogP contribution in [0.5, 0.6) is 0 Å². The molecule has 3 rings (SSSR count). The quantitative estimate of drug-likeness (QED) is 0.771. The van der Waals surface area contributed by atoms with E-state index in [1.165, 1.54) is 16.9 Å². The molecule has 3 N–H and O–H groups in total. The molecule has 0 aliphatic carbocycles. The number of benzene rings is 1. The zero-order valence-corrected chi connectivity index (χ0v) is 14.0. The minimum absolute atomic E-state index is 0.0311. The standard InChI is InChI=1S/C18H19N3OS/c1-11-8-9-20-18-14(11)15(19)16(23-18)17(22)21-12(2)10-13-6-4-3-5-7-13/h3-9,12H,10,19H2,1-2H3,(H,21,22). The number of nitrogens with two attached hydrogens (primary N) is 1. The number of aryl methyl sites for hydroxylation is 1. The van der Waals surface area contributed by atoms with Crippen LogP contribution in [0.15, 0.2) is 42.6 Å². The molecule has 1 unspecified atom stereocenters. The normalized spacial score (nSPS) is 12.3. The van der Waals surface area contributed by atoms with E-state index in [4.69, 9.17) is 5.73 Å². The van der Waals surface area contributed by atoms with Gasteiger partial charge in [-0.2, -0.15) is 0 Å². The maximum Gasteiger partial charge on any atom is 0.263 e. The Labute approximate surface area is 139 Å². The van der Waals surface area contributed by atoms with Crippen LogP contribution in [0.1, 0.15) is 27.7 Å². The molecule has 3 aromatic rings. The molecule has 0 radical (unpaired) electrons. The summed E-state index contributed by atoms with van der Waals surface area (Å²) in [6, 6.07) is 12.0. The minimum atomic E-state index is -0.131. The Hall–Kier alpha value is -2.40. The van der Waals surface area contributed by atoms with E-state index in [1.807, 2.05) is 38.1 Å². The van der Waals surface area contributed by atoms with Crippen LogP contribution in [0.3, 0.4) is 0 Å². The van der Waals surface area contributed by atoms with E-state index in [0.29, 0.717) is 10.6 Å². The lowest BCUT2D eigenvalue weighted by Gasteiger charge is -2.13. The number of nitrogen functional groups attached to an aromatic ring is 1. The van der Waals surface area contributed by atoms with Crippen LogP contribution in [0.2, 0.25) is 0 Å². The van der Waals surface area contributed by atoms with Gasteiger partial charge >= 0.3 is 0 Å². The number of carbonyl (C=O) groups is 1. The Bertz CT molecular complexity index is 842. The fraction of sp³-hybridized carbons (Fsp3) is 0.222. The van der Waals surface area contributed by atoms with Crippen LogP contribution in [0.25, 0.3) is 10.2 Å². The van der Waals surface area contributed by atoms with Gasteiger partial charge in [-0.25, -0.2) is 4.98 Å². The van der Waals surface area contributed by atoms with Gasteiger partial charge < -0.3 is 11.1 Å². The van der Waals surface area contributed by atoms with Crippen LogP contribution in [-0.4, -0.2) is 16.9 Å². The Balaban J connectivity index is 1.78. The van der Waals surface area contributed by atoms with Gasteiger partial charge in [-0.05, 0) is 37.5 Å². The molecule has 2 aromatic heterocycles. The molecule has 0 aliphatic heterocycles. The summed E-state index contributed by atoms with van der Waals surface area (Å²) in [6.07, 6.45) is 2.53. The number of amides is 1. The van der Waals surface area contributed by atoms with Crippen molar-refractivity contribution in [3.63, 3.8) is 0 Å². The number of fused-ring (bicyclic) bond motifs is 1. The first-order chi connectivity index (χ1) is 11.1. The van der Waals surface area contributed by atoms with Crippen LogP contribution in [0.4, 0.5) is 5.69 Å². The van der Waals surface area contributed by atoms with Crippen LogP contribution >= 0.6 is 11.3 Å². The van der Waals surface area contributed by atoms with Crippen molar-refractivity contribution < 1.29 is 4.79 Å². The summed E-state index contributed by atoms with van der Waals surface area (Å²) < 4.78 is 0. The topological polar surface area (TPSA) is 68.0 Å². The summed E-state index contributed by atoms with van der Waals surface area (Å²) in [5.74, 6) is -0.131. The number of nitrogens with one attached hydrogen (secondary N) is 1. The lowest BCUT2D eigenvalue weighted by atomic mass is 10.1. The molecule has 0 fully saturated rings. The SMILES string of the molecule is Cc1ccnc2sc(C(=O)NC(C)Cc3ccccc3)c(N)c12. The number of thiophene rings is 1. The summed E-state index contributed by atoms with van der Waals surface area (Å²) in [4.78, 5) is 18.2. The van der Waals surface area contributed by atoms with Crippen molar-refractivity contribution in [2.75, 3.05) is 5.73 Å². The molecule has 0 aliphatic rings. The number of rotatable bonds is 4. The average Bonchev–Trinajstić information content (AvgIpc) is 2.86. The fourth-order valence-electron chi connectivity index (χ4n) is 2.68. The van der Waals surface area contributed by atoms with Gasteiger partial charge in [0.2, 0.25) is 0 Å². The molecule has 0 saturated heterocycles. The lowest BCUT2D eigenvalue weighted by molar-refractivity contribution is 0.0945. The second-order valence-electron chi connectivity index (χ2n) is 5.72. The number of hydrogen-bond donors (Lipinski definition) is 2. The molecule has 1 aromatic carbocycles. The lowest BCUT2D eigenvalue weighted by Crippen LogP contribution is -2.33. The van der Waals surface area contributed by atoms with Crippen LogP contribution in [-0.2, 0) is 6.42 Å². The van der Waals surface area contributed by atoms with Gasteiger partial charge in [0.05, 0.1) is 5.69 Å². The Morgan fingerprint density at radius 3 is 2.74 bits per heavy atom. The van der Waals surface area contributed by atoms with Gasteiger partial charge in [-0.3, -0.25) is 4.79 Å². The summed E-state index contributed by atoms with van der Waals surface area (Å²) in [7, 11) is 0. The molecule has 0 bridgehead atoms. The minimum Gasteiger partial charge on any atom is -0.397 e. The smallest absolute Gasteiger partial charge is 0.263 e. The van der Waals surface area contributed by atoms with Crippen LogP contribution < -0.4 is 11.1 Å². The van der Waals surface area contributed by atoms with E-state index >= 15 is 0 Å². The predicted octanol–water partition coefficient (Wildman–Crippen LogP) is 3.55. The van der Waals surface area contributed by atoms with Crippen molar-refractivity contribution in [3.05, 3.63) is 58.6 Å². The number of pyridine rings is 1. The van der Waals surface area contributed by atoms with Gasteiger partial charge in [-0.15, -0.1) is 11.3 Å². The largest absolute Gasteiger partial charge is 0.397 e. The third-order valence-corrected chi connectivity index (χ3v) is 4.92. The van der Waals surface area contributed by atoms with Crippen molar-refractivity contribution in [2.24, 2.45) is 0 Å². The molecule has 4 nitrogen and oxygen atoms in total. The zero-order valence-electron chi connectivity index (χ0n) is 13.2. The average molecular weight is 325 g/mol. The van der Waals surface area contributed by atoms with Gasteiger partial charge in [-0.1, -0.05) is 30.3 Å². The van der Waals surface area contributed by atoms with E-state index in [1.54, 1.807) is 6.20 Å². The third-order valence-electron chi connectivity index (χ3n) is 3.81. The van der Waals surface area contributed by atoms with E-state index in [0.717, 1.165) is 22.2 Å². The molecule has 2 heterocycles. The number of anilines is 1. The monoisotopic (exact) mass is 325 g/mol. The van der Waals surface area contributed by atoms with Crippen molar-refractivity contribution in [3.8, 4) is 0 Å². The number of hydrogen-bond acceptors (Lipinski definition) is 4. The number of carbonyl (C=O) groups excluding carboxylic acids is 1. The Morgan fingerprint density at radius 1 is 1.30 bits per heavy atom. The summed E-state index contributed by atoms with van der Waals surface area (Å²) in [5.41, 5.74) is 8.94. The first kappa shape index (κ1) is 15.5. The summed E-state index contributed by atoms with van der Waals surface area (Å²) >= 11 is 1.35. The van der Waals surface area contributed by atoms with E-state index in [2.05, 4.69) is 22.4 Å². The van der Waals surface area contributed by atoms with E-state index in [-0.39, 0.29) is 11.9 Å². The highest BCUT2D eigenvalue weighted by Crippen LogP contribution is 2.34. The second-order valence-corrected chi connectivity index (χ2v) is 6.72. The van der Waals surface area contributed by atoms with Gasteiger partial charge in [0.25, 0.3) is 5.91 Å². The fourth-order valence-corrected chi connectivity index (χ4v) is 3.72. The maximum absolute atomic E-state index is 12.5. The predicted molar refractivity (Wildman–Crippen MR) is 95.8 cm³/mol. The Morgan fingerprint density at radius 2 is 2.04 bits per heavy atom. The molecule has 5 heteroatoms. The summed E-state index contributed by atoms with van der Waals surface area (Å²) in [6.45, 7) is 3.98. The first-order valence-corrected chi connectivity index (χ1v) is 8.36. The molecular formula is C18H19N3OS. The second kappa shape index (κ2) is 6.38. The molecule has 1 atom stereocenters. The molecular weight excluding hydrogens is 306 g/mol. The molecule has 1 amide bonds. The third kappa shape index (κ3) is 3.19. The van der Waals surface area contributed by atoms with Gasteiger partial charge in [0.15, 0.2) is 0 Å². The van der Waals surface area contributed by atoms with Crippen molar-refractivity contribution in [1.82, 2.24) is 10.3 Å². The van der Waals surface area contributed by atoms with Gasteiger partial charge in [0.1, 0.15) is 9.71 Å². The van der Waals surface area contributed by atoms with E-state index in [9.17, 15) is 4.79 Å². The molecule has 0 spiro atoms.